The molecule has 0 aliphatic heterocycles. The van der Waals surface area contributed by atoms with Gasteiger partial charge in [0.05, 0.1) is 13.3 Å². The highest BCUT2D eigenvalue weighted by atomic mass is 79.9. The lowest BCUT2D eigenvalue weighted by atomic mass is 10.2. The fourth-order valence-corrected chi connectivity index (χ4v) is 2.33. The van der Waals surface area contributed by atoms with Crippen molar-refractivity contribution in [2.24, 2.45) is 5.10 Å². The van der Waals surface area contributed by atoms with Crippen LogP contribution in [0.25, 0.3) is 0 Å². The van der Waals surface area contributed by atoms with Crippen molar-refractivity contribution in [2.45, 2.75) is 6.92 Å². The molecule has 2 aromatic rings. The number of amides is 2. The lowest BCUT2D eigenvalue weighted by molar-refractivity contribution is 0.252. The van der Waals surface area contributed by atoms with Crippen molar-refractivity contribution < 1.29 is 14.6 Å². The topological polar surface area (TPSA) is 83.0 Å². The molecule has 0 unspecified atom stereocenters. The van der Waals surface area contributed by atoms with E-state index < -0.39 is 6.03 Å². The van der Waals surface area contributed by atoms with E-state index in [0.717, 1.165) is 10.0 Å². The molecular weight excluding hydrogens is 362 g/mol. The normalized spacial score (nSPS) is 10.6. The van der Waals surface area contributed by atoms with Crippen molar-refractivity contribution in [3.63, 3.8) is 0 Å². The molecule has 0 aliphatic rings. The smallest absolute Gasteiger partial charge is 0.339 e. The monoisotopic (exact) mass is 377 g/mol. The van der Waals surface area contributed by atoms with E-state index >= 15 is 0 Å². The molecule has 23 heavy (non-hydrogen) atoms. The Kier molecular flexibility index (Phi) is 5.59. The zero-order valence-corrected chi connectivity index (χ0v) is 14.2. The van der Waals surface area contributed by atoms with Crippen molar-refractivity contribution in [1.29, 1.82) is 0 Å². The van der Waals surface area contributed by atoms with Crippen LogP contribution in [0.5, 0.6) is 11.5 Å². The maximum atomic E-state index is 11.8. The summed E-state index contributed by atoms with van der Waals surface area (Å²) in [7, 11) is 1.45. The Morgan fingerprint density at radius 2 is 2.09 bits per heavy atom. The van der Waals surface area contributed by atoms with Gasteiger partial charge >= 0.3 is 6.03 Å². The molecule has 7 heteroatoms. The lowest BCUT2D eigenvalue weighted by Crippen LogP contribution is -2.24. The highest BCUT2D eigenvalue weighted by molar-refractivity contribution is 9.10. The van der Waals surface area contributed by atoms with Gasteiger partial charge in [-0.2, -0.15) is 5.10 Å². The molecule has 2 rings (SSSR count). The molecule has 0 fully saturated rings. The quantitative estimate of drug-likeness (QED) is 0.561. The van der Waals surface area contributed by atoms with Gasteiger partial charge in [-0.3, -0.25) is 0 Å². The number of phenolic OH excluding ortho intramolecular Hbond substituents is 1. The second-order valence-electron chi connectivity index (χ2n) is 4.68. The molecule has 0 saturated heterocycles. The van der Waals surface area contributed by atoms with Crippen LogP contribution in [-0.2, 0) is 0 Å². The van der Waals surface area contributed by atoms with Crippen molar-refractivity contribution in [3.05, 3.63) is 52.0 Å². The number of hydrogen-bond acceptors (Lipinski definition) is 4. The predicted molar refractivity (Wildman–Crippen MR) is 93.3 cm³/mol. The van der Waals surface area contributed by atoms with Gasteiger partial charge in [-0.05, 0) is 30.7 Å². The number of aryl methyl sites for hydroxylation is 1. The number of ether oxygens (including phenoxy) is 1. The third kappa shape index (κ3) is 4.46. The average molecular weight is 378 g/mol. The number of rotatable bonds is 4. The van der Waals surface area contributed by atoms with E-state index in [2.05, 4.69) is 31.8 Å². The standard InChI is InChI=1S/C16H16BrN3O3/c1-10-5-3-4-6-13(10)19-16(22)20-18-9-11-7-12(17)8-14(23-2)15(11)21/h3-9,21H,1-2H3,(H2,19,20,22)/b18-9+. The van der Waals surface area contributed by atoms with Crippen molar-refractivity contribution in [2.75, 3.05) is 12.4 Å². The second kappa shape index (κ2) is 7.64. The number of halogens is 1. The maximum Gasteiger partial charge on any atom is 0.339 e. The van der Waals surface area contributed by atoms with E-state index in [4.69, 9.17) is 4.74 Å². The van der Waals surface area contributed by atoms with Crippen molar-refractivity contribution in [3.8, 4) is 11.5 Å². The molecule has 2 amide bonds. The number of anilines is 1. The summed E-state index contributed by atoms with van der Waals surface area (Å²) in [6.07, 6.45) is 1.33. The van der Waals surface area contributed by atoms with Crippen LogP contribution >= 0.6 is 15.9 Å². The summed E-state index contributed by atoms with van der Waals surface area (Å²) in [5, 5.41) is 16.5. The minimum Gasteiger partial charge on any atom is -0.504 e. The Balaban J connectivity index is 2.03. The van der Waals surface area contributed by atoms with E-state index in [0.29, 0.717) is 17.0 Å². The zero-order chi connectivity index (χ0) is 16.8. The SMILES string of the molecule is COc1cc(Br)cc(/C=N/NC(=O)Nc2ccccc2C)c1O. The fourth-order valence-electron chi connectivity index (χ4n) is 1.87. The van der Waals surface area contributed by atoms with Crippen LogP contribution in [0.4, 0.5) is 10.5 Å². The molecule has 0 radical (unpaired) electrons. The largest absolute Gasteiger partial charge is 0.504 e. The minimum atomic E-state index is -0.475. The number of phenols is 1. The molecule has 2 aromatic carbocycles. The number of urea groups is 1. The van der Waals surface area contributed by atoms with Crippen LogP contribution in [0.2, 0.25) is 0 Å². The van der Waals surface area contributed by atoms with Crippen LogP contribution in [-0.4, -0.2) is 24.5 Å². The molecule has 6 nitrogen and oxygen atoms in total. The molecule has 0 heterocycles. The third-order valence-corrected chi connectivity index (χ3v) is 3.51. The molecule has 0 bridgehead atoms. The van der Waals surface area contributed by atoms with Crippen LogP contribution < -0.4 is 15.5 Å². The Hall–Kier alpha value is -2.54. The van der Waals surface area contributed by atoms with E-state index in [1.165, 1.54) is 13.3 Å². The van der Waals surface area contributed by atoms with Crippen LogP contribution in [0, 0.1) is 6.92 Å². The molecule has 3 N–H and O–H groups in total. The summed E-state index contributed by atoms with van der Waals surface area (Å²) in [6.45, 7) is 1.89. The Morgan fingerprint density at radius 1 is 1.35 bits per heavy atom. The summed E-state index contributed by atoms with van der Waals surface area (Å²) in [5.41, 5.74) is 4.40. The van der Waals surface area contributed by atoms with E-state index in [9.17, 15) is 9.90 Å². The first-order chi connectivity index (χ1) is 11.0. The van der Waals surface area contributed by atoms with Crippen molar-refractivity contribution >= 4 is 33.9 Å². The summed E-state index contributed by atoms with van der Waals surface area (Å²) in [5.74, 6) is 0.255. The molecule has 0 spiro atoms. The van der Waals surface area contributed by atoms with Crippen LogP contribution in [0.1, 0.15) is 11.1 Å². The number of nitrogens with one attached hydrogen (secondary N) is 2. The van der Waals surface area contributed by atoms with E-state index in [1.807, 2.05) is 25.1 Å². The maximum absolute atomic E-state index is 11.8. The fraction of sp³-hybridized carbons (Fsp3) is 0.125. The number of carbonyl (C=O) groups excluding carboxylic acids is 1. The average Bonchev–Trinajstić information content (AvgIpc) is 2.52. The number of benzene rings is 2. The van der Waals surface area contributed by atoms with Crippen LogP contribution in [0.15, 0.2) is 46.0 Å². The molecule has 0 aromatic heterocycles. The number of hydrazone groups is 1. The van der Waals surface area contributed by atoms with Gasteiger partial charge in [-0.1, -0.05) is 34.1 Å². The van der Waals surface area contributed by atoms with Gasteiger partial charge in [0.15, 0.2) is 11.5 Å². The minimum absolute atomic E-state index is 0.0550. The number of aromatic hydroxyl groups is 1. The number of methoxy groups -OCH3 is 1. The van der Waals surface area contributed by atoms with E-state index in [-0.39, 0.29) is 5.75 Å². The van der Waals surface area contributed by atoms with Crippen LogP contribution in [0.3, 0.4) is 0 Å². The Morgan fingerprint density at radius 3 is 2.78 bits per heavy atom. The molecule has 0 saturated carbocycles. The van der Waals surface area contributed by atoms with Crippen molar-refractivity contribution in [1.82, 2.24) is 5.43 Å². The molecular formula is C16H16BrN3O3. The summed E-state index contributed by atoms with van der Waals surface area (Å²) in [4.78, 5) is 11.8. The van der Waals surface area contributed by atoms with Gasteiger partial charge in [0.1, 0.15) is 0 Å². The highest BCUT2D eigenvalue weighted by Crippen LogP contribution is 2.32. The molecule has 0 atom stereocenters. The van der Waals surface area contributed by atoms with Gasteiger partial charge in [0.2, 0.25) is 0 Å². The highest BCUT2D eigenvalue weighted by Gasteiger charge is 2.08. The van der Waals surface area contributed by atoms with Gasteiger partial charge in [-0.15, -0.1) is 0 Å². The predicted octanol–water partition coefficient (Wildman–Crippen LogP) is 3.63. The Labute approximate surface area is 142 Å². The summed E-state index contributed by atoms with van der Waals surface area (Å²) >= 11 is 3.31. The number of nitrogens with zero attached hydrogens (tertiary/aromatic N) is 1. The van der Waals surface area contributed by atoms with Gasteiger partial charge < -0.3 is 15.2 Å². The number of hydrogen-bond donors (Lipinski definition) is 3. The first kappa shape index (κ1) is 16.8. The van der Waals surface area contributed by atoms with E-state index in [1.54, 1.807) is 18.2 Å². The lowest BCUT2D eigenvalue weighted by Gasteiger charge is -2.08. The van der Waals surface area contributed by atoms with Gasteiger partial charge in [0.25, 0.3) is 0 Å². The Bertz CT molecular complexity index is 747. The summed E-state index contributed by atoms with van der Waals surface area (Å²) in [6, 6.07) is 10.2. The van der Waals surface area contributed by atoms with Gasteiger partial charge in [0, 0.05) is 15.7 Å². The number of para-hydroxylation sites is 1. The molecule has 120 valence electrons. The first-order valence-corrected chi connectivity index (χ1v) is 7.52. The van der Waals surface area contributed by atoms with Gasteiger partial charge in [-0.25, -0.2) is 10.2 Å². The zero-order valence-electron chi connectivity index (χ0n) is 12.6. The molecule has 0 aliphatic carbocycles. The number of carbonyl (C=O) groups is 1. The summed E-state index contributed by atoms with van der Waals surface area (Å²) < 4.78 is 5.77. The first-order valence-electron chi connectivity index (χ1n) is 6.73. The third-order valence-electron chi connectivity index (χ3n) is 3.05. The second-order valence-corrected chi connectivity index (χ2v) is 5.60.